The van der Waals surface area contributed by atoms with Crippen LogP contribution in [0, 0.1) is 0 Å². The highest BCUT2D eigenvalue weighted by atomic mass is 79.9. The number of nitrogens with one attached hydrogen (secondary N) is 2. The lowest BCUT2D eigenvalue weighted by Crippen LogP contribution is -2.42. The molecule has 0 aliphatic heterocycles. The lowest BCUT2D eigenvalue weighted by Gasteiger charge is -2.19. The van der Waals surface area contributed by atoms with Crippen molar-refractivity contribution >= 4 is 39.1 Å². The van der Waals surface area contributed by atoms with E-state index in [9.17, 15) is 4.79 Å². The second-order valence-electron chi connectivity index (χ2n) is 4.96. The number of carbonyl (C=O) groups is 1. The van der Waals surface area contributed by atoms with Crippen LogP contribution < -0.4 is 10.6 Å². The average molecular weight is 346 g/mol. The minimum atomic E-state index is -0.282. The normalized spacial score (nSPS) is 17.2. The van der Waals surface area contributed by atoms with Crippen LogP contribution in [-0.4, -0.2) is 18.0 Å². The van der Waals surface area contributed by atoms with Crippen molar-refractivity contribution in [3.8, 4) is 0 Å². The second-order valence-corrected chi connectivity index (χ2v) is 6.16. The molecule has 0 spiro atoms. The van der Waals surface area contributed by atoms with E-state index >= 15 is 0 Å². The molecule has 2 N–H and O–H groups in total. The van der Waals surface area contributed by atoms with Gasteiger partial charge < -0.3 is 10.6 Å². The Labute approximate surface area is 127 Å². The highest BCUT2D eigenvalue weighted by Crippen LogP contribution is 2.30. The van der Waals surface area contributed by atoms with Crippen molar-refractivity contribution < 1.29 is 4.79 Å². The molecule has 1 aliphatic rings. The van der Waals surface area contributed by atoms with Gasteiger partial charge >= 0.3 is 0 Å². The van der Waals surface area contributed by atoms with Crippen LogP contribution in [-0.2, 0) is 4.79 Å². The maximum absolute atomic E-state index is 12.1. The molecule has 1 saturated carbocycles. The van der Waals surface area contributed by atoms with E-state index in [1.807, 2.05) is 19.1 Å². The molecule has 1 atom stereocenters. The van der Waals surface area contributed by atoms with Crippen LogP contribution in [0.4, 0.5) is 5.69 Å². The van der Waals surface area contributed by atoms with Gasteiger partial charge in [-0.1, -0.05) is 30.5 Å². The largest absolute Gasteiger partial charge is 0.373 e. The van der Waals surface area contributed by atoms with Crippen molar-refractivity contribution in [1.29, 1.82) is 0 Å². The van der Waals surface area contributed by atoms with Gasteiger partial charge in [-0.25, -0.2) is 0 Å². The summed E-state index contributed by atoms with van der Waals surface area (Å²) >= 11 is 9.45. The summed E-state index contributed by atoms with van der Waals surface area (Å²) in [6, 6.07) is 5.63. The van der Waals surface area contributed by atoms with Gasteiger partial charge in [0.1, 0.15) is 6.04 Å². The van der Waals surface area contributed by atoms with Gasteiger partial charge in [0, 0.05) is 6.04 Å². The van der Waals surface area contributed by atoms with Gasteiger partial charge in [0.2, 0.25) is 5.91 Å². The molecule has 19 heavy (non-hydrogen) atoms. The number of rotatable bonds is 4. The lowest BCUT2D eigenvalue weighted by atomic mass is 10.2. The predicted molar refractivity (Wildman–Crippen MR) is 82.6 cm³/mol. The van der Waals surface area contributed by atoms with E-state index in [1.165, 1.54) is 12.8 Å². The molecule has 0 aromatic heterocycles. The number of amides is 1. The summed E-state index contributed by atoms with van der Waals surface area (Å²) in [4.78, 5) is 12.1. The molecular weight excluding hydrogens is 328 g/mol. The van der Waals surface area contributed by atoms with Gasteiger partial charge in [-0.3, -0.25) is 4.79 Å². The minimum absolute atomic E-state index is 0.0405. The van der Waals surface area contributed by atoms with Crippen molar-refractivity contribution in [1.82, 2.24) is 5.32 Å². The first kappa shape index (κ1) is 14.7. The van der Waals surface area contributed by atoms with Crippen molar-refractivity contribution in [3.05, 3.63) is 27.7 Å². The van der Waals surface area contributed by atoms with Crippen LogP contribution >= 0.6 is 27.5 Å². The zero-order chi connectivity index (χ0) is 13.8. The molecule has 0 bridgehead atoms. The molecule has 1 aliphatic carbocycles. The van der Waals surface area contributed by atoms with E-state index in [-0.39, 0.29) is 11.9 Å². The topological polar surface area (TPSA) is 41.1 Å². The fraction of sp³-hybridized carbons (Fsp3) is 0.500. The third kappa shape index (κ3) is 3.86. The van der Waals surface area contributed by atoms with Gasteiger partial charge in [-0.05, 0) is 47.8 Å². The summed E-state index contributed by atoms with van der Waals surface area (Å²) in [5, 5.41) is 6.90. The zero-order valence-electron chi connectivity index (χ0n) is 10.9. The van der Waals surface area contributed by atoms with Crippen molar-refractivity contribution in [2.75, 3.05) is 5.32 Å². The molecule has 1 amide bonds. The number of carbonyl (C=O) groups excluding carboxylic acids is 1. The Morgan fingerprint density at radius 3 is 2.79 bits per heavy atom. The Bertz CT molecular complexity index is 461. The van der Waals surface area contributed by atoms with E-state index in [0.29, 0.717) is 11.1 Å². The number of hydrogen-bond acceptors (Lipinski definition) is 2. The van der Waals surface area contributed by atoms with Gasteiger partial charge in [0.05, 0.1) is 15.2 Å². The maximum Gasteiger partial charge on any atom is 0.242 e. The van der Waals surface area contributed by atoms with E-state index in [1.54, 1.807) is 6.07 Å². The van der Waals surface area contributed by atoms with Crippen LogP contribution in [0.3, 0.4) is 0 Å². The fourth-order valence-electron chi connectivity index (χ4n) is 2.31. The molecule has 1 fully saturated rings. The average Bonchev–Trinajstić information content (AvgIpc) is 2.87. The summed E-state index contributed by atoms with van der Waals surface area (Å²) in [6.45, 7) is 1.86. The summed E-state index contributed by atoms with van der Waals surface area (Å²) in [7, 11) is 0. The van der Waals surface area contributed by atoms with Crippen LogP contribution in [0.2, 0.25) is 5.02 Å². The van der Waals surface area contributed by atoms with Gasteiger partial charge in [0.25, 0.3) is 0 Å². The van der Waals surface area contributed by atoms with Crippen molar-refractivity contribution in [3.63, 3.8) is 0 Å². The molecule has 0 radical (unpaired) electrons. The van der Waals surface area contributed by atoms with Gasteiger partial charge in [0.15, 0.2) is 0 Å². The monoisotopic (exact) mass is 344 g/mol. The Morgan fingerprint density at radius 2 is 2.11 bits per heavy atom. The number of benzene rings is 1. The van der Waals surface area contributed by atoms with Crippen molar-refractivity contribution in [2.45, 2.75) is 44.7 Å². The van der Waals surface area contributed by atoms with Crippen LogP contribution in [0.15, 0.2) is 22.7 Å². The summed E-state index contributed by atoms with van der Waals surface area (Å²) in [6.07, 6.45) is 4.62. The molecule has 104 valence electrons. The number of anilines is 1. The maximum atomic E-state index is 12.1. The Morgan fingerprint density at radius 1 is 1.42 bits per heavy atom. The third-order valence-electron chi connectivity index (χ3n) is 3.42. The van der Waals surface area contributed by atoms with E-state index < -0.39 is 0 Å². The quantitative estimate of drug-likeness (QED) is 0.867. The highest BCUT2D eigenvalue weighted by molar-refractivity contribution is 9.10. The Balaban J connectivity index is 1.94. The highest BCUT2D eigenvalue weighted by Gasteiger charge is 2.21. The molecule has 0 saturated heterocycles. The molecule has 5 heteroatoms. The smallest absolute Gasteiger partial charge is 0.242 e. The minimum Gasteiger partial charge on any atom is -0.373 e. The Kier molecular flexibility index (Phi) is 5.11. The Hall–Kier alpha value is -0.740. The van der Waals surface area contributed by atoms with Crippen LogP contribution in [0.25, 0.3) is 0 Å². The zero-order valence-corrected chi connectivity index (χ0v) is 13.2. The molecule has 1 aromatic rings. The first-order valence-electron chi connectivity index (χ1n) is 6.59. The van der Waals surface area contributed by atoms with E-state index in [2.05, 4.69) is 26.6 Å². The van der Waals surface area contributed by atoms with Crippen LogP contribution in [0.5, 0.6) is 0 Å². The summed E-state index contributed by atoms with van der Waals surface area (Å²) < 4.78 is 0.789. The molecule has 3 nitrogen and oxygen atoms in total. The number of halogens is 2. The lowest BCUT2D eigenvalue weighted by molar-refractivity contribution is -0.122. The van der Waals surface area contributed by atoms with E-state index in [4.69, 9.17) is 11.6 Å². The predicted octanol–water partition coefficient (Wildman–Crippen LogP) is 3.96. The molecular formula is C14H18BrClN2O. The molecule has 0 heterocycles. The first-order valence-corrected chi connectivity index (χ1v) is 7.76. The summed E-state index contributed by atoms with van der Waals surface area (Å²) in [5.74, 6) is 0.0405. The first-order chi connectivity index (χ1) is 9.08. The number of hydrogen-bond donors (Lipinski definition) is 2. The second kappa shape index (κ2) is 6.62. The van der Waals surface area contributed by atoms with Gasteiger partial charge in [-0.15, -0.1) is 0 Å². The molecule has 2 rings (SSSR count). The summed E-state index contributed by atoms with van der Waals surface area (Å²) in [5.41, 5.74) is 0.835. The van der Waals surface area contributed by atoms with Crippen molar-refractivity contribution in [2.24, 2.45) is 0 Å². The van der Waals surface area contributed by atoms with Crippen LogP contribution in [0.1, 0.15) is 32.6 Å². The molecule has 1 unspecified atom stereocenters. The standard InChI is InChI=1S/C14H18BrClN2O/c1-9(14(19)18-10-5-2-3-6-10)17-12-8-4-7-11(16)13(12)15/h4,7-10,17H,2-3,5-6H2,1H3,(H,18,19). The SMILES string of the molecule is CC(Nc1cccc(Cl)c1Br)C(=O)NC1CCCC1. The van der Waals surface area contributed by atoms with Gasteiger partial charge in [-0.2, -0.15) is 0 Å². The fourth-order valence-corrected chi connectivity index (χ4v) is 2.86. The third-order valence-corrected chi connectivity index (χ3v) is 4.82. The molecule has 1 aromatic carbocycles. The van der Waals surface area contributed by atoms with E-state index in [0.717, 1.165) is 23.0 Å².